The number of carbonyl (C=O) groups is 2. The van der Waals surface area contributed by atoms with E-state index in [1.165, 1.54) is 11.9 Å². The maximum absolute atomic E-state index is 11.6. The van der Waals surface area contributed by atoms with Crippen LogP contribution in [0.15, 0.2) is 0 Å². The summed E-state index contributed by atoms with van der Waals surface area (Å²) in [4.78, 5) is 23.8. The average Bonchev–Trinajstić information content (AvgIpc) is 2.32. The van der Waals surface area contributed by atoms with Gasteiger partial charge in [-0.05, 0) is 12.8 Å². The Balaban J connectivity index is 4.20. The summed E-state index contributed by atoms with van der Waals surface area (Å²) in [6.07, 6.45) is 0.629. The van der Waals surface area contributed by atoms with E-state index < -0.39 is 17.9 Å². The third kappa shape index (κ3) is 7.74. The predicted molar refractivity (Wildman–Crippen MR) is 73.3 cm³/mol. The zero-order valence-corrected chi connectivity index (χ0v) is 11.3. The molecule has 0 fully saturated rings. The third-order valence-corrected chi connectivity index (χ3v) is 2.41. The maximum Gasteiger partial charge on any atom is 0.326 e. The lowest BCUT2D eigenvalue weighted by molar-refractivity contribution is -0.142. The first-order valence-corrected chi connectivity index (χ1v) is 5.89. The van der Waals surface area contributed by atoms with E-state index >= 15 is 0 Å². The van der Waals surface area contributed by atoms with Crippen LogP contribution in [0, 0.1) is 10.8 Å². The molecule has 9 N–H and O–H groups in total. The van der Waals surface area contributed by atoms with E-state index in [1.807, 2.05) is 0 Å². The summed E-state index contributed by atoms with van der Waals surface area (Å²) in [7, 11) is 1.45. The minimum absolute atomic E-state index is 0.190. The predicted octanol–water partition coefficient (Wildman–Crippen LogP) is -2.36. The molecule has 20 heavy (non-hydrogen) atoms. The monoisotopic (exact) mass is 287 g/mol. The smallest absolute Gasteiger partial charge is 0.326 e. The molecule has 0 aliphatic heterocycles. The van der Waals surface area contributed by atoms with Gasteiger partial charge in [-0.15, -0.1) is 0 Å². The van der Waals surface area contributed by atoms with Crippen LogP contribution in [0.2, 0.25) is 0 Å². The van der Waals surface area contributed by atoms with Crippen LogP contribution in [-0.4, -0.2) is 60.0 Å². The Morgan fingerprint density at radius 2 is 1.95 bits per heavy atom. The number of carboxylic acid groups (broad SMARTS) is 1. The minimum atomic E-state index is -1.15. The van der Waals surface area contributed by atoms with Crippen LogP contribution < -0.4 is 22.1 Å². The van der Waals surface area contributed by atoms with Crippen LogP contribution in [0.5, 0.6) is 0 Å². The van der Waals surface area contributed by atoms with Gasteiger partial charge >= 0.3 is 5.97 Å². The highest BCUT2D eigenvalue weighted by Gasteiger charge is 2.20. The van der Waals surface area contributed by atoms with E-state index in [4.69, 9.17) is 27.4 Å². The van der Waals surface area contributed by atoms with Crippen LogP contribution >= 0.6 is 0 Å². The Morgan fingerprint density at radius 1 is 1.35 bits per heavy atom. The number of aliphatic carboxylic acids is 1. The molecule has 0 heterocycles. The zero-order valence-electron chi connectivity index (χ0n) is 11.3. The number of nitrogens with two attached hydrogens (primary N) is 2. The summed E-state index contributed by atoms with van der Waals surface area (Å²) in [5.74, 6) is -2.15. The molecule has 0 rings (SSSR count). The van der Waals surface area contributed by atoms with E-state index in [-0.39, 0.29) is 24.9 Å². The van der Waals surface area contributed by atoms with Crippen LogP contribution in [-0.2, 0) is 9.59 Å². The van der Waals surface area contributed by atoms with Crippen molar-refractivity contribution in [1.82, 2.24) is 15.5 Å². The number of hydrogen-bond donors (Lipinski definition) is 7. The number of carboxylic acids is 1. The molecule has 10 nitrogen and oxygen atoms in total. The molecule has 114 valence electrons. The molecule has 0 radical (unpaired) electrons. The molecule has 0 aliphatic rings. The first kappa shape index (κ1) is 17.5. The topological polar surface area (TPSA) is 181 Å². The molecule has 1 atom stereocenters. The van der Waals surface area contributed by atoms with E-state index in [2.05, 4.69) is 10.6 Å². The van der Waals surface area contributed by atoms with E-state index in [9.17, 15) is 9.59 Å². The summed E-state index contributed by atoms with van der Waals surface area (Å²) in [5.41, 5.74) is 10.3. The maximum atomic E-state index is 11.6. The van der Waals surface area contributed by atoms with Crippen LogP contribution in [0.3, 0.4) is 0 Å². The summed E-state index contributed by atoms with van der Waals surface area (Å²) < 4.78 is 0. The van der Waals surface area contributed by atoms with Gasteiger partial charge in [-0.2, -0.15) is 0 Å². The van der Waals surface area contributed by atoms with Crippen LogP contribution in [0.25, 0.3) is 0 Å². The van der Waals surface area contributed by atoms with Crippen molar-refractivity contribution in [1.29, 1.82) is 10.8 Å². The van der Waals surface area contributed by atoms with Crippen molar-refractivity contribution < 1.29 is 14.7 Å². The van der Waals surface area contributed by atoms with Gasteiger partial charge in [-0.3, -0.25) is 15.6 Å². The Labute approximate surface area is 116 Å². The molecule has 0 saturated heterocycles. The number of nitrogens with one attached hydrogen (secondary N) is 4. The lowest BCUT2D eigenvalue weighted by Gasteiger charge is -2.19. The second-order valence-corrected chi connectivity index (χ2v) is 4.18. The number of amides is 1. The lowest BCUT2D eigenvalue weighted by atomic mass is 10.1. The van der Waals surface area contributed by atoms with Gasteiger partial charge in [0.05, 0.1) is 6.54 Å². The molecule has 0 saturated carbocycles. The first-order valence-electron chi connectivity index (χ1n) is 5.89. The molecule has 0 spiro atoms. The van der Waals surface area contributed by atoms with Gasteiger partial charge in [0, 0.05) is 13.6 Å². The molecule has 0 aromatic carbocycles. The van der Waals surface area contributed by atoms with Crippen LogP contribution in [0.4, 0.5) is 0 Å². The first-order chi connectivity index (χ1) is 9.23. The number of carbonyl (C=O) groups excluding carboxylic acids is 1. The SMILES string of the molecule is CN(CC(=O)N[C@@H](CCCNC(=N)N)C(=O)O)C(=N)N. The minimum Gasteiger partial charge on any atom is -0.480 e. The normalized spacial score (nSPS) is 11.2. The Kier molecular flexibility index (Phi) is 7.48. The van der Waals surface area contributed by atoms with Crippen LogP contribution in [0.1, 0.15) is 12.8 Å². The Morgan fingerprint density at radius 3 is 2.40 bits per heavy atom. The van der Waals surface area contributed by atoms with E-state index in [1.54, 1.807) is 0 Å². The number of hydrogen-bond acceptors (Lipinski definition) is 4. The Hall–Kier alpha value is -2.52. The third-order valence-electron chi connectivity index (χ3n) is 2.41. The van der Waals surface area contributed by atoms with Gasteiger partial charge in [0.25, 0.3) is 0 Å². The molecule has 0 aliphatic carbocycles. The average molecular weight is 287 g/mol. The lowest BCUT2D eigenvalue weighted by Crippen LogP contribution is -2.47. The summed E-state index contributed by atoms with van der Waals surface area (Å²) in [6.45, 7) is 0.160. The molecule has 0 aromatic rings. The summed E-state index contributed by atoms with van der Waals surface area (Å²) >= 11 is 0. The fraction of sp³-hybridized carbons (Fsp3) is 0.600. The van der Waals surface area contributed by atoms with Gasteiger partial charge in [0.1, 0.15) is 6.04 Å². The Bertz CT molecular complexity index is 385. The van der Waals surface area contributed by atoms with Crippen molar-refractivity contribution in [3.05, 3.63) is 0 Å². The number of rotatable bonds is 8. The number of guanidine groups is 2. The summed E-state index contributed by atoms with van der Waals surface area (Å²) in [6, 6.07) is -1.03. The second-order valence-electron chi connectivity index (χ2n) is 4.18. The standard InChI is InChI=1S/C10H21N7O3/c1-17(10(13)14)5-7(18)16-6(8(19)20)3-2-4-15-9(11)12/h6H,2-5H2,1H3,(H3,13,14)(H,16,18)(H,19,20)(H4,11,12,15)/t6-/m0/s1. The molecule has 0 unspecified atom stereocenters. The second kappa shape index (κ2) is 8.56. The van der Waals surface area contributed by atoms with Crippen molar-refractivity contribution in [2.24, 2.45) is 11.5 Å². The van der Waals surface area contributed by atoms with Crippen molar-refractivity contribution in [2.45, 2.75) is 18.9 Å². The van der Waals surface area contributed by atoms with Gasteiger partial charge in [-0.25, -0.2) is 4.79 Å². The van der Waals surface area contributed by atoms with Crippen molar-refractivity contribution >= 4 is 23.8 Å². The van der Waals surface area contributed by atoms with Gasteiger partial charge in [0.15, 0.2) is 11.9 Å². The van der Waals surface area contributed by atoms with Crippen molar-refractivity contribution in [3.8, 4) is 0 Å². The quantitative estimate of drug-likeness (QED) is 0.148. The summed E-state index contributed by atoms with van der Waals surface area (Å²) in [5, 5.41) is 27.9. The van der Waals surface area contributed by atoms with E-state index in [0.29, 0.717) is 13.0 Å². The highest BCUT2D eigenvalue weighted by Crippen LogP contribution is 1.97. The molecular weight excluding hydrogens is 266 g/mol. The molecule has 0 bridgehead atoms. The largest absolute Gasteiger partial charge is 0.480 e. The number of likely N-dealkylation sites (N-methyl/N-ethyl adjacent to an activating group) is 1. The van der Waals surface area contributed by atoms with Gasteiger partial charge < -0.3 is 32.1 Å². The fourth-order valence-corrected chi connectivity index (χ4v) is 1.33. The highest BCUT2D eigenvalue weighted by molar-refractivity contribution is 5.87. The van der Waals surface area contributed by atoms with Gasteiger partial charge in [0.2, 0.25) is 5.91 Å². The highest BCUT2D eigenvalue weighted by atomic mass is 16.4. The molecular formula is C10H21N7O3. The zero-order chi connectivity index (χ0) is 15.7. The van der Waals surface area contributed by atoms with E-state index in [0.717, 1.165) is 0 Å². The fourth-order valence-electron chi connectivity index (χ4n) is 1.33. The number of nitrogens with zero attached hydrogens (tertiary/aromatic N) is 1. The van der Waals surface area contributed by atoms with Crippen molar-refractivity contribution in [3.63, 3.8) is 0 Å². The van der Waals surface area contributed by atoms with Gasteiger partial charge in [-0.1, -0.05) is 0 Å². The molecule has 0 aromatic heterocycles. The molecule has 10 heteroatoms. The molecule has 1 amide bonds. The van der Waals surface area contributed by atoms with Crippen molar-refractivity contribution in [2.75, 3.05) is 20.1 Å².